The number of hydrogen-bond acceptors (Lipinski definition) is 5. The van der Waals surface area contributed by atoms with Crippen LogP contribution >= 0.6 is 11.6 Å². The Morgan fingerprint density at radius 2 is 1.94 bits per heavy atom. The van der Waals surface area contributed by atoms with E-state index in [4.69, 9.17) is 16.6 Å². The molecule has 0 unspecified atom stereocenters. The highest BCUT2D eigenvalue weighted by Crippen LogP contribution is 2.28. The molecule has 0 atom stereocenters. The van der Waals surface area contributed by atoms with Crippen molar-refractivity contribution in [1.29, 1.82) is 5.26 Å². The number of fused-ring (bicyclic) bond motifs is 1. The smallest absolute Gasteiger partial charge is 0.216 e. The molecule has 3 rings (SSSR count). The first-order valence-corrected chi connectivity index (χ1v) is 10.4. The lowest BCUT2D eigenvalue weighted by molar-refractivity contribution is 0.484. The average Bonchev–Trinajstić information content (AvgIpc) is 2.97. The first-order chi connectivity index (χ1) is 14.6. The lowest BCUT2D eigenvalue weighted by Gasteiger charge is -2.28. The van der Waals surface area contributed by atoms with Crippen LogP contribution in [-0.4, -0.2) is 44.7 Å². The third-order valence-corrected chi connectivity index (χ3v) is 5.35. The van der Waals surface area contributed by atoms with Crippen molar-refractivity contribution in [2.45, 2.75) is 40.2 Å². The van der Waals surface area contributed by atoms with E-state index in [1.165, 1.54) is 5.56 Å². The SMILES string of the molecule is Cc1cc(N(C)C(=NC#N)N(C)Cc2cc(C(C)C)c3c(C)nn(C)c3n2)cc(Cl)n1. The van der Waals surface area contributed by atoms with Gasteiger partial charge in [0, 0.05) is 37.9 Å². The van der Waals surface area contributed by atoms with Gasteiger partial charge in [-0.1, -0.05) is 25.4 Å². The van der Waals surface area contributed by atoms with Crippen molar-refractivity contribution in [2.24, 2.45) is 12.0 Å². The molecule has 0 bridgehead atoms. The van der Waals surface area contributed by atoms with Crippen LogP contribution in [0, 0.1) is 25.3 Å². The van der Waals surface area contributed by atoms with Gasteiger partial charge in [-0.15, -0.1) is 4.99 Å². The van der Waals surface area contributed by atoms with Crippen molar-refractivity contribution in [3.63, 3.8) is 0 Å². The maximum atomic E-state index is 9.30. The highest BCUT2D eigenvalue weighted by molar-refractivity contribution is 6.29. The summed E-state index contributed by atoms with van der Waals surface area (Å²) in [5.74, 6) is 0.813. The van der Waals surface area contributed by atoms with Crippen LogP contribution in [0.15, 0.2) is 23.2 Å². The van der Waals surface area contributed by atoms with Crippen molar-refractivity contribution < 1.29 is 0 Å². The van der Waals surface area contributed by atoms with E-state index in [1.807, 2.05) is 61.7 Å². The highest BCUT2D eigenvalue weighted by atomic mass is 35.5. The zero-order valence-corrected chi connectivity index (χ0v) is 19.7. The number of aryl methyl sites for hydroxylation is 3. The summed E-state index contributed by atoms with van der Waals surface area (Å²) < 4.78 is 1.82. The van der Waals surface area contributed by atoms with Gasteiger partial charge >= 0.3 is 0 Å². The van der Waals surface area contributed by atoms with Crippen LogP contribution in [0.5, 0.6) is 0 Å². The molecule has 0 saturated heterocycles. The number of anilines is 1. The van der Waals surface area contributed by atoms with Gasteiger partial charge in [0.05, 0.1) is 17.9 Å². The maximum absolute atomic E-state index is 9.30. The summed E-state index contributed by atoms with van der Waals surface area (Å²) in [6, 6.07) is 5.76. The highest BCUT2D eigenvalue weighted by Gasteiger charge is 2.19. The van der Waals surface area contributed by atoms with E-state index in [2.05, 4.69) is 35.0 Å². The zero-order chi connectivity index (χ0) is 22.9. The molecular formula is C22H27ClN8. The van der Waals surface area contributed by atoms with Gasteiger partial charge in [-0.2, -0.15) is 10.4 Å². The molecule has 3 heterocycles. The molecule has 0 aromatic carbocycles. The normalized spacial score (nSPS) is 11.8. The van der Waals surface area contributed by atoms with Crippen molar-refractivity contribution in [1.82, 2.24) is 24.6 Å². The fourth-order valence-electron chi connectivity index (χ4n) is 3.76. The number of nitriles is 1. The molecule has 3 aromatic rings. The lowest BCUT2D eigenvalue weighted by Crippen LogP contribution is -2.40. The second-order valence-electron chi connectivity index (χ2n) is 7.98. The summed E-state index contributed by atoms with van der Waals surface area (Å²) in [7, 11) is 5.64. The Balaban J connectivity index is 1.99. The molecule has 0 spiro atoms. The summed E-state index contributed by atoms with van der Waals surface area (Å²) in [4.78, 5) is 16.8. The number of aliphatic imine (C=N–C) groups is 1. The summed E-state index contributed by atoms with van der Waals surface area (Å²) in [5, 5.41) is 15.3. The minimum absolute atomic E-state index is 0.328. The Labute approximate surface area is 187 Å². The number of halogens is 1. The lowest BCUT2D eigenvalue weighted by atomic mass is 9.99. The Hall–Kier alpha value is -3.18. The molecule has 9 heteroatoms. The van der Waals surface area contributed by atoms with Gasteiger partial charge in [0.15, 0.2) is 5.65 Å². The molecule has 8 nitrogen and oxygen atoms in total. The average molecular weight is 439 g/mol. The molecule has 0 aliphatic heterocycles. The van der Waals surface area contributed by atoms with Crippen molar-refractivity contribution in [3.05, 3.63) is 46.0 Å². The second kappa shape index (κ2) is 8.90. The third kappa shape index (κ3) is 4.62. The van der Waals surface area contributed by atoms with Crippen LogP contribution in [-0.2, 0) is 13.6 Å². The minimum atomic E-state index is 0.328. The van der Waals surface area contributed by atoms with Gasteiger partial charge in [0.2, 0.25) is 12.2 Å². The number of nitrogens with zero attached hydrogens (tertiary/aromatic N) is 8. The molecule has 0 aliphatic rings. The van der Waals surface area contributed by atoms with Gasteiger partial charge in [0.25, 0.3) is 0 Å². The molecular weight excluding hydrogens is 412 g/mol. The molecule has 0 amide bonds. The Kier molecular flexibility index (Phi) is 6.46. The van der Waals surface area contributed by atoms with E-state index < -0.39 is 0 Å². The third-order valence-electron chi connectivity index (χ3n) is 5.16. The van der Waals surface area contributed by atoms with Gasteiger partial charge < -0.3 is 9.80 Å². The Morgan fingerprint density at radius 1 is 1.23 bits per heavy atom. The second-order valence-corrected chi connectivity index (χ2v) is 8.37. The van der Waals surface area contributed by atoms with Crippen LogP contribution in [0.1, 0.15) is 42.4 Å². The number of hydrogen-bond donors (Lipinski definition) is 0. The predicted octanol–water partition coefficient (Wildman–Crippen LogP) is 4.16. The first-order valence-electron chi connectivity index (χ1n) is 10.0. The van der Waals surface area contributed by atoms with Crippen LogP contribution in [0.4, 0.5) is 5.69 Å². The maximum Gasteiger partial charge on any atom is 0.216 e. The van der Waals surface area contributed by atoms with Gasteiger partial charge in [-0.05, 0) is 43.5 Å². The number of guanidine groups is 1. The summed E-state index contributed by atoms with van der Waals surface area (Å²) in [5.41, 5.74) is 5.51. The van der Waals surface area contributed by atoms with Crippen LogP contribution in [0.3, 0.4) is 0 Å². The molecule has 0 radical (unpaired) electrons. The van der Waals surface area contributed by atoms with Gasteiger partial charge in [-0.3, -0.25) is 4.68 Å². The monoisotopic (exact) mass is 438 g/mol. The summed E-state index contributed by atoms with van der Waals surface area (Å²) >= 11 is 6.13. The largest absolute Gasteiger partial charge is 0.339 e. The van der Waals surface area contributed by atoms with Crippen LogP contribution in [0.2, 0.25) is 5.15 Å². The molecule has 31 heavy (non-hydrogen) atoms. The number of rotatable bonds is 4. The van der Waals surface area contributed by atoms with Crippen molar-refractivity contribution in [2.75, 3.05) is 19.0 Å². The number of pyridine rings is 2. The van der Waals surface area contributed by atoms with E-state index in [9.17, 15) is 5.26 Å². The Bertz CT molecular complexity index is 1170. The van der Waals surface area contributed by atoms with E-state index in [0.29, 0.717) is 23.6 Å². The molecule has 162 valence electrons. The predicted molar refractivity (Wildman–Crippen MR) is 124 cm³/mol. The topological polar surface area (TPSA) is 86.2 Å². The van der Waals surface area contributed by atoms with E-state index in [-0.39, 0.29) is 0 Å². The van der Waals surface area contributed by atoms with Crippen LogP contribution < -0.4 is 4.90 Å². The van der Waals surface area contributed by atoms with E-state index in [0.717, 1.165) is 33.8 Å². The fourth-order valence-corrected chi connectivity index (χ4v) is 4.01. The van der Waals surface area contributed by atoms with Crippen molar-refractivity contribution >= 4 is 34.3 Å². The standard InChI is InChI=1S/C22H27ClN8/c1-13(2)18-9-16(27-21-20(18)15(4)28-31(21)7)11-29(5)22(25-12-24)30(6)17-8-14(3)26-19(23)10-17/h8-10,13H,11H2,1-7H3. The quantitative estimate of drug-likeness (QED) is 0.263. The fraction of sp³-hybridized carbons (Fsp3) is 0.409. The molecule has 0 saturated carbocycles. The molecule has 0 aliphatic carbocycles. The van der Waals surface area contributed by atoms with E-state index in [1.54, 1.807) is 6.07 Å². The number of aromatic nitrogens is 4. The Morgan fingerprint density at radius 3 is 2.55 bits per heavy atom. The van der Waals surface area contributed by atoms with Gasteiger partial charge in [-0.25, -0.2) is 9.97 Å². The first kappa shape index (κ1) is 22.5. The van der Waals surface area contributed by atoms with Gasteiger partial charge in [0.1, 0.15) is 5.15 Å². The zero-order valence-electron chi connectivity index (χ0n) is 19.0. The van der Waals surface area contributed by atoms with E-state index >= 15 is 0 Å². The van der Waals surface area contributed by atoms with Crippen molar-refractivity contribution in [3.8, 4) is 6.19 Å². The summed E-state index contributed by atoms with van der Waals surface area (Å²) in [6.07, 6.45) is 1.91. The summed E-state index contributed by atoms with van der Waals surface area (Å²) in [6.45, 7) is 8.69. The van der Waals surface area contributed by atoms with Crippen LogP contribution in [0.25, 0.3) is 11.0 Å². The molecule has 0 N–H and O–H groups in total. The molecule has 3 aromatic heterocycles. The minimum Gasteiger partial charge on any atom is -0.339 e. The molecule has 0 fully saturated rings.